The van der Waals surface area contributed by atoms with Gasteiger partial charge in [0.05, 0.1) is 11.4 Å². The molecule has 1 aromatic rings. The van der Waals surface area contributed by atoms with Crippen molar-refractivity contribution in [1.29, 1.82) is 0 Å². The van der Waals surface area contributed by atoms with Gasteiger partial charge >= 0.3 is 5.69 Å². The van der Waals surface area contributed by atoms with Gasteiger partial charge in [0, 0.05) is 12.2 Å². The van der Waals surface area contributed by atoms with E-state index in [1.54, 1.807) is 0 Å². The van der Waals surface area contributed by atoms with Crippen LogP contribution in [0.1, 0.15) is 18.3 Å². The molecule has 0 fully saturated rings. The van der Waals surface area contributed by atoms with Gasteiger partial charge in [-0.25, -0.2) is 4.79 Å². The van der Waals surface area contributed by atoms with Crippen molar-refractivity contribution in [3.8, 4) is 0 Å². The Morgan fingerprint density at radius 3 is 2.67 bits per heavy atom. The highest BCUT2D eigenvalue weighted by atomic mass is 16.1. The van der Waals surface area contributed by atoms with Crippen LogP contribution >= 0.6 is 0 Å². The summed E-state index contributed by atoms with van der Waals surface area (Å²) in [7, 11) is 0. The van der Waals surface area contributed by atoms with Crippen LogP contribution in [0.25, 0.3) is 0 Å². The van der Waals surface area contributed by atoms with E-state index in [9.17, 15) is 4.79 Å². The number of anilines is 1. The molecule has 0 aliphatic heterocycles. The quantitative estimate of drug-likeness (QED) is 0.685. The van der Waals surface area contributed by atoms with Gasteiger partial charge in [-0.05, 0) is 20.8 Å². The number of aromatic amines is 1. The standard InChI is InChI=1S/C8H13N3O/c1-4-9-7-5(2)10-8(12)11-6(7)3/h9H,4H2,1-3H3,(H,10,11,12). The molecule has 0 radical (unpaired) electrons. The van der Waals surface area contributed by atoms with Crippen LogP contribution in [-0.2, 0) is 0 Å². The van der Waals surface area contributed by atoms with Crippen molar-refractivity contribution in [3.63, 3.8) is 0 Å². The van der Waals surface area contributed by atoms with Crippen LogP contribution in [0.2, 0.25) is 0 Å². The van der Waals surface area contributed by atoms with E-state index in [2.05, 4.69) is 15.3 Å². The predicted octanol–water partition coefficient (Wildman–Crippen LogP) is 0.819. The molecular formula is C8H13N3O. The zero-order valence-electron chi connectivity index (χ0n) is 7.56. The fourth-order valence-electron chi connectivity index (χ4n) is 1.17. The molecule has 0 aliphatic carbocycles. The first-order valence-electron chi connectivity index (χ1n) is 3.96. The van der Waals surface area contributed by atoms with Crippen LogP contribution in [0, 0.1) is 13.8 Å². The predicted molar refractivity (Wildman–Crippen MR) is 48.5 cm³/mol. The van der Waals surface area contributed by atoms with Crippen LogP contribution in [-0.4, -0.2) is 16.5 Å². The Bertz CT molecular complexity index is 303. The summed E-state index contributed by atoms with van der Waals surface area (Å²) < 4.78 is 0. The van der Waals surface area contributed by atoms with Crippen LogP contribution in [0.15, 0.2) is 4.79 Å². The van der Waals surface area contributed by atoms with E-state index in [-0.39, 0.29) is 5.69 Å². The Morgan fingerprint density at radius 2 is 2.17 bits per heavy atom. The first-order chi connectivity index (χ1) is 5.65. The molecule has 4 nitrogen and oxygen atoms in total. The smallest absolute Gasteiger partial charge is 0.345 e. The number of nitrogens with zero attached hydrogens (tertiary/aromatic N) is 1. The van der Waals surface area contributed by atoms with Crippen molar-refractivity contribution in [2.75, 3.05) is 11.9 Å². The van der Waals surface area contributed by atoms with E-state index >= 15 is 0 Å². The number of rotatable bonds is 2. The van der Waals surface area contributed by atoms with Gasteiger partial charge in [-0.1, -0.05) is 0 Å². The summed E-state index contributed by atoms with van der Waals surface area (Å²) in [4.78, 5) is 17.3. The van der Waals surface area contributed by atoms with Crippen molar-refractivity contribution in [2.45, 2.75) is 20.8 Å². The summed E-state index contributed by atoms with van der Waals surface area (Å²) in [5, 5.41) is 3.14. The molecule has 0 amide bonds. The molecule has 0 atom stereocenters. The number of aromatic nitrogens is 2. The summed E-state index contributed by atoms with van der Waals surface area (Å²) in [6, 6.07) is 0. The lowest BCUT2D eigenvalue weighted by Gasteiger charge is -2.08. The Hall–Kier alpha value is -1.32. The van der Waals surface area contributed by atoms with Gasteiger partial charge in [0.15, 0.2) is 0 Å². The molecule has 0 spiro atoms. The molecule has 1 aromatic heterocycles. The lowest BCUT2D eigenvalue weighted by Crippen LogP contribution is -2.16. The Labute approximate surface area is 71.0 Å². The molecule has 2 N–H and O–H groups in total. The molecule has 0 bridgehead atoms. The molecular weight excluding hydrogens is 154 g/mol. The number of hydrogen-bond donors (Lipinski definition) is 2. The Kier molecular flexibility index (Phi) is 2.47. The van der Waals surface area contributed by atoms with Crippen molar-refractivity contribution in [2.24, 2.45) is 0 Å². The second-order valence-corrected chi connectivity index (χ2v) is 2.66. The number of nitrogens with one attached hydrogen (secondary N) is 2. The number of aryl methyl sites for hydroxylation is 2. The summed E-state index contributed by atoms with van der Waals surface area (Å²) in [5.41, 5.74) is 2.23. The summed E-state index contributed by atoms with van der Waals surface area (Å²) in [5.74, 6) is 0. The minimum absolute atomic E-state index is 0.286. The zero-order valence-corrected chi connectivity index (χ0v) is 7.56. The molecule has 12 heavy (non-hydrogen) atoms. The van der Waals surface area contributed by atoms with Crippen LogP contribution in [0.5, 0.6) is 0 Å². The Balaban J connectivity index is 3.18. The van der Waals surface area contributed by atoms with E-state index in [0.29, 0.717) is 0 Å². The highest BCUT2D eigenvalue weighted by Gasteiger charge is 2.02. The minimum atomic E-state index is -0.286. The maximum atomic E-state index is 10.9. The second kappa shape index (κ2) is 3.38. The van der Waals surface area contributed by atoms with Gasteiger partial charge in [-0.3, -0.25) is 0 Å². The average molecular weight is 167 g/mol. The largest absolute Gasteiger partial charge is 0.382 e. The monoisotopic (exact) mass is 167 g/mol. The van der Waals surface area contributed by atoms with E-state index in [1.807, 2.05) is 20.8 Å². The zero-order chi connectivity index (χ0) is 9.14. The maximum Gasteiger partial charge on any atom is 0.345 e. The van der Waals surface area contributed by atoms with Crippen molar-refractivity contribution in [3.05, 3.63) is 21.9 Å². The molecule has 1 heterocycles. The highest BCUT2D eigenvalue weighted by molar-refractivity contribution is 5.50. The van der Waals surface area contributed by atoms with Crippen LogP contribution < -0.4 is 11.0 Å². The normalized spacial score (nSPS) is 9.92. The SMILES string of the molecule is CCNc1c(C)nc(=O)[nH]c1C. The topological polar surface area (TPSA) is 57.8 Å². The first-order valence-corrected chi connectivity index (χ1v) is 3.96. The van der Waals surface area contributed by atoms with Gasteiger partial charge in [-0.15, -0.1) is 0 Å². The van der Waals surface area contributed by atoms with Gasteiger partial charge in [0.25, 0.3) is 0 Å². The lowest BCUT2D eigenvalue weighted by atomic mass is 10.3. The minimum Gasteiger partial charge on any atom is -0.382 e. The van der Waals surface area contributed by atoms with E-state index in [1.165, 1.54) is 0 Å². The number of H-pyrrole nitrogens is 1. The molecule has 66 valence electrons. The maximum absolute atomic E-state index is 10.9. The summed E-state index contributed by atoms with van der Waals surface area (Å²) in [6.45, 7) is 6.51. The molecule has 0 unspecified atom stereocenters. The van der Waals surface area contributed by atoms with Crippen LogP contribution in [0.3, 0.4) is 0 Å². The van der Waals surface area contributed by atoms with Crippen LogP contribution in [0.4, 0.5) is 5.69 Å². The van der Waals surface area contributed by atoms with E-state index < -0.39 is 0 Å². The first kappa shape index (κ1) is 8.77. The van der Waals surface area contributed by atoms with E-state index in [4.69, 9.17) is 0 Å². The fraction of sp³-hybridized carbons (Fsp3) is 0.500. The van der Waals surface area contributed by atoms with E-state index in [0.717, 1.165) is 23.6 Å². The third-order valence-electron chi connectivity index (χ3n) is 1.65. The highest BCUT2D eigenvalue weighted by Crippen LogP contribution is 2.12. The third kappa shape index (κ3) is 1.64. The molecule has 0 saturated carbocycles. The van der Waals surface area contributed by atoms with Gasteiger partial charge in [-0.2, -0.15) is 4.98 Å². The number of hydrogen-bond acceptors (Lipinski definition) is 3. The average Bonchev–Trinajstić information content (AvgIpc) is 1.96. The molecule has 0 saturated heterocycles. The molecule has 0 aromatic carbocycles. The second-order valence-electron chi connectivity index (χ2n) is 2.66. The molecule has 0 aliphatic rings. The third-order valence-corrected chi connectivity index (χ3v) is 1.65. The lowest BCUT2D eigenvalue weighted by molar-refractivity contribution is 0.979. The van der Waals surface area contributed by atoms with Crippen molar-refractivity contribution >= 4 is 5.69 Å². The van der Waals surface area contributed by atoms with Gasteiger partial charge in [0.1, 0.15) is 0 Å². The molecule has 1 rings (SSSR count). The summed E-state index contributed by atoms with van der Waals surface area (Å²) in [6.07, 6.45) is 0. The Morgan fingerprint density at radius 1 is 1.50 bits per heavy atom. The molecule has 4 heteroatoms. The van der Waals surface area contributed by atoms with Crippen molar-refractivity contribution in [1.82, 2.24) is 9.97 Å². The van der Waals surface area contributed by atoms with Crippen molar-refractivity contribution < 1.29 is 0 Å². The fourth-order valence-corrected chi connectivity index (χ4v) is 1.17. The van der Waals surface area contributed by atoms with Gasteiger partial charge in [0.2, 0.25) is 0 Å². The summed E-state index contributed by atoms with van der Waals surface area (Å²) >= 11 is 0. The van der Waals surface area contributed by atoms with Gasteiger partial charge < -0.3 is 10.3 Å².